The highest BCUT2D eigenvalue weighted by Gasteiger charge is 2.18. The summed E-state index contributed by atoms with van der Waals surface area (Å²) in [6, 6.07) is 19.7. The van der Waals surface area contributed by atoms with Gasteiger partial charge in [-0.05, 0) is 43.0 Å². The summed E-state index contributed by atoms with van der Waals surface area (Å²) < 4.78 is 11.5. The minimum Gasteiger partial charge on any atom is -0.445 e. The number of amides is 1. The zero-order chi connectivity index (χ0) is 18.7. The fourth-order valence-corrected chi connectivity index (χ4v) is 3.19. The average molecular weight is 368 g/mol. The molecule has 5 heteroatoms. The lowest BCUT2D eigenvalue weighted by molar-refractivity contribution is 0.0207. The Hall–Kier alpha value is -2.37. The average Bonchev–Trinajstić information content (AvgIpc) is 2.74. The summed E-state index contributed by atoms with van der Waals surface area (Å²) in [7, 11) is 0. The minimum absolute atomic E-state index is 0.176. The molecular weight excluding hydrogens is 340 g/mol. The predicted octanol–water partition coefficient (Wildman–Crippen LogP) is 3.67. The molecule has 1 heterocycles. The van der Waals surface area contributed by atoms with Gasteiger partial charge in [-0.3, -0.25) is 0 Å². The first-order valence-electron chi connectivity index (χ1n) is 9.63. The van der Waals surface area contributed by atoms with Crippen molar-refractivity contribution in [2.24, 2.45) is 5.92 Å². The molecule has 0 saturated carbocycles. The van der Waals surface area contributed by atoms with Gasteiger partial charge in [0.2, 0.25) is 0 Å². The Morgan fingerprint density at radius 2 is 1.70 bits per heavy atom. The van der Waals surface area contributed by atoms with E-state index in [0.29, 0.717) is 19.1 Å². The van der Waals surface area contributed by atoms with Crippen LogP contribution in [0.2, 0.25) is 0 Å². The topological polar surface area (TPSA) is 59.6 Å². The van der Waals surface area contributed by atoms with E-state index in [-0.39, 0.29) is 12.7 Å². The number of alkyl carbamates (subject to hydrolysis) is 1. The summed E-state index contributed by atoms with van der Waals surface area (Å²) in [6.07, 6.45) is 1.66. The predicted molar refractivity (Wildman–Crippen MR) is 105 cm³/mol. The number of benzene rings is 2. The Bertz CT molecular complexity index is 672. The van der Waals surface area contributed by atoms with E-state index in [2.05, 4.69) is 10.6 Å². The van der Waals surface area contributed by atoms with E-state index in [1.165, 1.54) is 0 Å². The molecule has 0 spiro atoms. The highest BCUT2D eigenvalue weighted by atomic mass is 16.5. The normalized spacial score (nSPS) is 15.9. The maximum atomic E-state index is 12.1. The molecule has 1 aliphatic rings. The van der Waals surface area contributed by atoms with Crippen LogP contribution in [0.4, 0.5) is 4.79 Å². The second-order valence-electron chi connectivity index (χ2n) is 6.87. The summed E-state index contributed by atoms with van der Waals surface area (Å²) in [5.74, 6) is 0.572. The lowest BCUT2D eigenvalue weighted by Gasteiger charge is -2.26. The van der Waals surface area contributed by atoms with Crippen molar-refractivity contribution in [2.75, 3.05) is 26.2 Å². The van der Waals surface area contributed by atoms with Crippen LogP contribution in [-0.2, 0) is 16.1 Å². The third-order valence-electron chi connectivity index (χ3n) is 4.81. The van der Waals surface area contributed by atoms with Gasteiger partial charge in [0.1, 0.15) is 6.61 Å². The molecule has 1 amide bonds. The van der Waals surface area contributed by atoms with Crippen molar-refractivity contribution in [1.29, 1.82) is 0 Å². The van der Waals surface area contributed by atoms with Crippen LogP contribution < -0.4 is 10.6 Å². The van der Waals surface area contributed by atoms with E-state index in [9.17, 15) is 4.79 Å². The molecule has 1 atom stereocenters. The molecule has 0 radical (unpaired) electrons. The number of hydrogen-bond acceptors (Lipinski definition) is 4. The van der Waals surface area contributed by atoms with Gasteiger partial charge in [0.05, 0.1) is 19.3 Å². The summed E-state index contributed by atoms with van der Waals surface area (Å²) in [6.45, 7) is 3.46. The van der Waals surface area contributed by atoms with E-state index >= 15 is 0 Å². The van der Waals surface area contributed by atoms with Crippen molar-refractivity contribution >= 4 is 6.09 Å². The molecule has 144 valence electrons. The van der Waals surface area contributed by atoms with E-state index in [1.54, 1.807) is 0 Å². The van der Waals surface area contributed by atoms with Crippen molar-refractivity contribution in [3.63, 3.8) is 0 Å². The molecule has 0 aliphatic carbocycles. The molecule has 3 rings (SSSR count). The maximum Gasteiger partial charge on any atom is 0.407 e. The van der Waals surface area contributed by atoms with Crippen molar-refractivity contribution in [1.82, 2.24) is 10.6 Å². The van der Waals surface area contributed by atoms with Crippen molar-refractivity contribution in [3.05, 3.63) is 71.8 Å². The first kappa shape index (κ1) is 19.4. The van der Waals surface area contributed by atoms with Gasteiger partial charge in [0.15, 0.2) is 0 Å². The van der Waals surface area contributed by atoms with Crippen LogP contribution in [0.1, 0.15) is 30.1 Å². The first-order chi connectivity index (χ1) is 13.3. The van der Waals surface area contributed by atoms with E-state index in [0.717, 1.165) is 37.1 Å². The number of carbonyl (C=O) groups excluding carboxylic acids is 1. The van der Waals surface area contributed by atoms with Crippen molar-refractivity contribution in [3.8, 4) is 0 Å². The van der Waals surface area contributed by atoms with Crippen LogP contribution in [0.25, 0.3) is 0 Å². The Balaban J connectivity index is 1.49. The quantitative estimate of drug-likeness (QED) is 0.746. The zero-order valence-electron chi connectivity index (χ0n) is 15.6. The SMILES string of the molecule is O=C(NCC(OCC1CCNCC1)c1ccccc1)OCc1ccccc1. The van der Waals surface area contributed by atoms with Gasteiger partial charge >= 0.3 is 6.09 Å². The molecule has 2 aromatic carbocycles. The smallest absolute Gasteiger partial charge is 0.407 e. The largest absolute Gasteiger partial charge is 0.445 e. The third kappa shape index (κ3) is 6.70. The van der Waals surface area contributed by atoms with Gasteiger partial charge in [-0.1, -0.05) is 60.7 Å². The third-order valence-corrected chi connectivity index (χ3v) is 4.81. The molecule has 1 unspecified atom stereocenters. The molecule has 1 saturated heterocycles. The molecular formula is C22H28N2O3. The Morgan fingerprint density at radius 1 is 1.04 bits per heavy atom. The number of piperidine rings is 1. The van der Waals surface area contributed by atoms with Gasteiger partial charge in [-0.25, -0.2) is 4.79 Å². The molecule has 1 aliphatic heterocycles. The zero-order valence-corrected chi connectivity index (χ0v) is 15.6. The van der Waals surface area contributed by atoms with Gasteiger partial charge in [0, 0.05) is 0 Å². The van der Waals surface area contributed by atoms with Crippen LogP contribution in [0.5, 0.6) is 0 Å². The molecule has 0 aromatic heterocycles. The lowest BCUT2D eigenvalue weighted by atomic mass is 9.99. The summed E-state index contributed by atoms with van der Waals surface area (Å²) in [5.41, 5.74) is 2.03. The van der Waals surface area contributed by atoms with Crippen LogP contribution in [0, 0.1) is 5.92 Å². The number of carbonyl (C=O) groups is 1. The molecule has 27 heavy (non-hydrogen) atoms. The van der Waals surface area contributed by atoms with Crippen LogP contribution >= 0.6 is 0 Å². The van der Waals surface area contributed by atoms with E-state index in [4.69, 9.17) is 9.47 Å². The van der Waals surface area contributed by atoms with E-state index < -0.39 is 6.09 Å². The molecule has 5 nitrogen and oxygen atoms in total. The first-order valence-corrected chi connectivity index (χ1v) is 9.63. The van der Waals surface area contributed by atoms with Crippen LogP contribution in [-0.4, -0.2) is 32.3 Å². The minimum atomic E-state index is -0.426. The van der Waals surface area contributed by atoms with Crippen LogP contribution in [0.3, 0.4) is 0 Å². The number of rotatable bonds is 8. The number of hydrogen-bond donors (Lipinski definition) is 2. The number of ether oxygens (including phenoxy) is 2. The monoisotopic (exact) mass is 368 g/mol. The Morgan fingerprint density at radius 3 is 2.41 bits per heavy atom. The molecule has 0 bridgehead atoms. The number of nitrogens with one attached hydrogen (secondary N) is 2. The van der Waals surface area contributed by atoms with Crippen molar-refractivity contribution in [2.45, 2.75) is 25.6 Å². The molecule has 2 N–H and O–H groups in total. The van der Waals surface area contributed by atoms with Crippen molar-refractivity contribution < 1.29 is 14.3 Å². The van der Waals surface area contributed by atoms with E-state index in [1.807, 2.05) is 60.7 Å². The fraction of sp³-hybridized carbons (Fsp3) is 0.409. The maximum absolute atomic E-state index is 12.1. The molecule has 1 fully saturated rings. The Labute approximate surface area is 161 Å². The van der Waals surface area contributed by atoms with Gasteiger partial charge in [-0.15, -0.1) is 0 Å². The summed E-state index contributed by atoms with van der Waals surface area (Å²) in [5, 5.41) is 6.21. The summed E-state index contributed by atoms with van der Waals surface area (Å²) >= 11 is 0. The van der Waals surface area contributed by atoms with Gasteiger partial charge in [-0.2, -0.15) is 0 Å². The molecule has 2 aromatic rings. The van der Waals surface area contributed by atoms with Gasteiger partial charge < -0.3 is 20.1 Å². The second kappa shape index (κ2) is 10.7. The Kier molecular flexibility index (Phi) is 7.69. The summed E-state index contributed by atoms with van der Waals surface area (Å²) in [4.78, 5) is 12.1. The second-order valence-corrected chi connectivity index (χ2v) is 6.87. The highest BCUT2D eigenvalue weighted by molar-refractivity contribution is 5.67. The van der Waals surface area contributed by atoms with Gasteiger partial charge in [0.25, 0.3) is 0 Å². The lowest BCUT2D eigenvalue weighted by Crippen LogP contribution is -2.33. The standard InChI is InChI=1S/C22H28N2O3/c25-22(27-17-18-7-3-1-4-8-18)24-15-21(20-9-5-2-6-10-20)26-16-19-11-13-23-14-12-19/h1-10,19,21,23H,11-17H2,(H,24,25). The fourth-order valence-electron chi connectivity index (χ4n) is 3.19. The van der Waals surface area contributed by atoms with Crippen LogP contribution in [0.15, 0.2) is 60.7 Å². The highest BCUT2D eigenvalue weighted by Crippen LogP contribution is 2.20.